The van der Waals surface area contributed by atoms with Gasteiger partial charge in [-0.25, -0.2) is 4.79 Å². The third-order valence-electron chi connectivity index (χ3n) is 1.36. The second-order valence-electron chi connectivity index (χ2n) is 2.53. The number of carboxylic acids is 1. The number of hydrogen-bond donors (Lipinski definition) is 2. The van der Waals surface area contributed by atoms with Crippen molar-refractivity contribution in [2.75, 3.05) is 25.1 Å². The summed E-state index contributed by atoms with van der Waals surface area (Å²) >= 11 is 1.62. The maximum Gasteiger partial charge on any atom is 0.375 e. The number of thioether (sulfide) groups is 1. The summed E-state index contributed by atoms with van der Waals surface area (Å²) in [5.41, 5.74) is 0. The normalized spacial score (nSPS) is 11.6. The van der Waals surface area contributed by atoms with Crippen molar-refractivity contribution >= 4 is 17.7 Å². The predicted molar refractivity (Wildman–Crippen MR) is 48.5 cm³/mol. The minimum absolute atomic E-state index is 0.420. The van der Waals surface area contributed by atoms with E-state index in [1.165, 1.54) is 0 Å². The van der Waals surface area contributed by atoms with Crippen LogP contribution in [-0.4, -0.2) is 42.1 Å². The number of carbonyl (C=O) groups is 1. The fourth-order valence-corrected chi connectivity index (χ4v) is 1.10. The van der Waals surface area contributed by atoms with E-state index in [1.54, 1.807) is 11.8 Å². The van der Waals surface area contributed by atoms with Gasteiger partial charge >= 0.3 is 11.9 Å². The highest BCUT2D eigenvalue weighted by atomic mass is 32.2. The minimum Gasteiger partial charge on any atom is -0.477 e. The molecule has 2 N–H and O–H groups in total. The predicted octanol–water partition coefficient (Wildman–Crippen LogP) is 1.05. The van der Waals surface area contributed by atoms with Gasteiger partial charge in [0, 0.05) is 0 Å². The van der Waals surface area contributed by atoms with Gasteiger partial charge < -0.3 is 10.4 Å². The summed E-state index contributed by atoms with van der Waals surface area (Å²) in [5, 5.41) is 10.4. The Balaban J connectivity index is 3.46. The molecule has 0 saturated heterocycles. The first kappa shape index (κ1) is 12.6. The molecule has 0 bridgehead atoms. The van der Waals surface area contributed by atoms with Crippen molar-refractivity contribution in [3.05, 3.63) is 0 Å². The van der Waals surface area contributed by atoms with Crippen molar-refractivity contribution in [3.8, 4) is 0 Å². The van der Waals surface area contributed by atoms with Crippen LogP contribution < -0.4 is 5.32 Å². The van der Waals surface area contributed by atoms with Gasteiger partial charge in [-0.05, 0) is 25.0 Å². The molecule has 0 amide bonds. The van der Waals surface area contributed by atoms with Crippen LogP contribution in [0.3, 0.4) is 0 Å². The number of hydrogen-bond acceptors (Lipinski definition) is 3. The standard InChI is InChI=1S/C7H13F2NO2S/c1-13-4-2-3-10-5-7(8,9)6(11)12/h10H,2-5H2,1H3,(H,11,12). The van der Waals surface area contributed by atoms with Gasteiger partial charge in [0.05, 0.1) is 6.54 Å². The van der Waals surface area contributed by atoms with Crippen LogP contribution in [0.2, 0.25) is 0 Å². The first-order valence-electron chi connectivity index (χ1n) is 3.81. The Morgan fingerprint density at radius 1 is 1.62 bits per heavy atom. The molecule has 0 spiro atoms. The smallest absolute Gasteiger partial charge is 0.375 e. The summed E-state index contributed by atoms with van der Waals surface area (Å²) in [6.07, 6.45) is 2.68. The van der Waals surface area contributed by atoms with Gasteiger partial charge in [-0.3, -0.25) is 0 Å². The number of carboxylic acid groups (broad SMARTS) is 1. The third-order valence-corrected chi connectivity index (χ3v) is 2.06. The lowest BCUT2D eigenvalue weighted by Gasteiger charge is -2.11. The summed E-state index contributed by atoms with van der Waals surface area (Å²) in [6.45, 7) is -0.375. The number of rotatable bonds is 7. The summed E-state index contributed by atoms with van der Waals surface area (Å²) in [4.78, 5) is 9.95. The molecular weight excluding hydrogens is 200 g/mol. The molecule has 0 unspecified atom stereocenters. The zero-order chi connectivity index (χ0) is 10.3. The van der Waals surface area contributed by atoms with Crippen LogP contribution in [0.15, 0.2) is 0 Å². The molecule has 0 aliphatic heterocycles. The minimum atomic E-state index is -3.65. The van der Waals surface area contributed by atoms with E-state index in [0.29, 0.717) is 6.54 Å². The largest absolute Gasteiger partial charge is 0.477 e. The van der Waals surface area contributed by atoms with Crippen LogP contribution >= 0.6 is 11.8 Å². The summed E-state index contributed by atoms with van der Waals surface area (Å²) in [5.74, 6) is -4.85. The lowest BCUT2D eigenvalue weighted by molar-refractivity contribution is -0.163. The van der Waals surface area contributed by atoms with E-state index in [4.69, 9.17) is 5.11 Å². The molecule has 0 atom stereocenters. The summed E-state index contributed by atoms with van der Waals surface area (Å²) in [6, 6.07) is 0. The van der Waals surface area contributed by atoms with Crippen LogP contribution in [-0.2, 0) is 4.79 Å². The zero-order valence-electron chi connectivity index (χ0n) is 7.35. The second kappa shape index (κ2) is 6.15. The molecule has 78 valence electrons. The van der Waals surface area contributed by atoms with E-state index in [2.05, 4.69) is 5.32 Å². The van der Waals surface area contributed by atoms with Crippen LogP contribution in [0.25, 0.3) is 0 Å². The van der Waals surface area contributed by atoms with Gasteiger partial charge in [-0.2, -0.15) is 20.5 Å². The second-order valence-corrected chi connectivity index (χ2v) is 3.52. The molecule has 0 aromatic carbocycles. The molecule has 13 heavy (non-hydrogen) atoms. The van der Waals surface area contributed by atoms with Crippen LogP contribution in [0.4, 0.5) is 8.78 Å². The van der Waals surface area contributed by atoms with E-state index in [1.807, 2.05) is 6.26 Å². The number of nitrogens with one attached hydrogen (secondary N) is 1. The molecule has 6 heteroatoms. The number of halogens is 2. The Morgan fingerprint density at radius 2 is 2.23 bits per heavy atom. The number of alkyl halides is 2. The Labute approximate surface area is 79.9 Å². The van der Waals surface area contributed by atoms with E-state index >= 15 is 0 Å². The van der Waals surface area contributed by atoms with E-state index in [0.717, 1.165) is 12.2 Å². The Kier molecular flexibility index (Phi) is 5.98. The highest BCUT2D eigenvalue weighted by Crippen LogP contribution is 2.11. The lowest BCUT2D eigenvalue weighted by atomic mass is 10.3. The van der Waals surface area contributed by atoms with Gasteiger partial charge in [0.2, 0.25) is 0 Å². The number of aliphatic carboxylic acids is 1. The maximum absolute atomic E-state index is 12.4. The Bertz CT molecular complexity index is 167. The van der Waals surface area contributed by atoms with Crippen molar-refractivity contribution in [1.82, 2.24) is 5.32 Å². The molecular formula is C7H13F2NO2S. The summed E-state index contributed by atoms with van der Waals surface area (Å²) < 4.78 is 24.8. The van der Waals surface area contributed by atoms with Gasteiger partial charge in [0.15, 0.2) is 0 Å². The third kappa shape index (κ3) is 5.81. The van der Waals surface area contributed by atoms with Crippen molar-refractivity contribution in [1.29, 1.82) is 0 Å². The molecule has 0 fully saturated rings. The average Bonchev–Trinajstić information content (AvgIpc) is 2.03. The molecule has 0 aliphatic carbocycles. The molecule has 0 heterocycles. The highest BCUT2D eigenvalue weighted by Gasteiger charge is 2.37. The monoisotopic (exact) mass is 213 g/mol. The zero-order valence-corrected chi connectivity index (χ0v) is 8.16. The summed E-state index contributed by atoms with van der Waals surface area (Å²) in [7, 11) is 0. The van der Waals surface area contributed by atoms with Crippen LogP contribution in [0.5, 0.6) is 0 Å². The quantitative estimate of drug-likeness (QED) is 0.621. The van der Waals surface area contributed by atoms with Crippen molar-refractivity contribution in [3.63, 3.8) is 0 Å². The molecule has 3 nitrogen and oxygen atoms in total. The molecule has 0 radical (unpaired) electrons. The van der Waals surface area contributed by atoms with Gasteiger partial charge in [0.1, 0.15) is 0 Å². The fourth-order valence-electron chi connectivity index (χ4n) is 0.662. The highest BCUT2D eigenvalue weighted by molar-refractivity contribution is 7.98. The Morgan fingerprint density at radius 3 is 2.69 bits per heavy atom. The van der Waals surface area contributed by atoms with Crippen LogP contribution in [0, 0.1) is 0 Å². The molecule has 0 aliphatic rings. The van der Waals surface area contributed by atoms with E-state index in [9.17, 15) is 13.6 Å². The maximum atomic E-state index is 12.4. The van der Waals surface area contributed by atoms with Crippen molar-refractivity contribution in [2.45, 2.75) is 12.3 Å². The molecule has 0 saturated carbocycles. The Hall–Kier alpha value is -0.360. The van der Waals surface area contributed by atoms with Crippen molar-refractivity contribution < 1.29 is 18.7 Å². The fraction of sp³-hybridized carbons (Fsp3) is 0.857. The lowest BCUT2D eigenvalue weighted by Crippen LogP contribution is -2.40. The molecule has 0 aromatic heterocycles. The first-order valence-corrected chi connectivity index (χ1v) is 5.21. The first-order chi connectivity index (χ1) is 6.00. The van der Waals surface area contributed by atoms with Gasteiger partial charge in [0.25, 0.3) is 0 Å². The van der Waals surface area contributed by atoms with E-state index < -0.39 is 18.4 Å². The molecule has 0 aromatic rings. The molecule has 0 rings (SSSR count). The van der Waals surface area contributed by atoms with Crippen LogP contribution in [0.1, 0.15) is 6.42 Å². The van der Waals surface area contributed by atoms with Gasteiger partial charge in [-0.1, -0.05) is 0 Å². The SMILES string of the molecule is CSCCCNCC(F)(F)C(=O)O. The van der Waals surface area contributed by atoms with E-state index in [-0.39, 0.29) is 0 Å². The average molecular weight is 213 g/mol. The van der Waals surface area contributed by atoms with Crippen molar-refractivity contribution in [2.24, 2.45) is 0 Å². The van der Waals surface area contributed by atoms with Gasteiger partial charge in [-0.15, -0.1) is 0 Å². The topological polar surface area (TPSA) is 49.3 Å².